The van der Waals surface area contributed by atoms with E-state index in [0.29, 0.717) is 11.3 Å². The van der Waals surface area contributed by atoms with E-state index in [2.05, 4.69) is 41.5 Å². The molecule has 2 aromatic heterocycles. The van der Waals surface area contributed by atoms with Crippen LogP contribution in [0.3, 0.4) is 0 Å². The predicted octanol–water partition coefficient (Wildman–Crippen LogP) is 3.99. The van der Waals surface area contributed by atoms with Gasteiger partial charge in [-0.1, -0.05) is 29.8 Å². The first-order chi connectivity index (χ1) is 11.6. The summed E-state index contributed by atoms with van der Waals surface area (Å²) >= 11 is 0. The number of pyridine rings is 1. The second-order valence-electron chi connectivity index (χ2n) is 6.32. The third kappa shape index (κ3) is 2.60. The van der Waals surface area contributed by atoms with E-state index in [1.165, 1.54) is 5.56 Å². The molecule has 0 aliphatic carbocycles. The standard InChI is InChI=1S/C20H18N2O2/c1-12-3-5-14(6-4-12)17-10-15(7-8-21-17)18-11-16-19(24-18)9-13(2)22-20(16)23/h3-8,10-11,13H,9H2,1-2H3,(H,22,23)/t13-/m1/s1. The zero-order chi connectivity index (χ0) is 16.7. The van der Waals surface area contributed by atoms with Crippen LogP contribution in [0, 0.1) is 6.92 Å². The second-order valence-corrected chi connectivity index (χ2v) is 6.32. The van der Waals surface area contributed by atoms with Gasteiger partial charge in [0.25, 0.3) is 5.91 Å². The first kappa shape index (κ1) is 14.7. The normalized spacial score (nSPS) is 16.6. The Labute approximate surface area is 140 Å². The maximum absolute atomic E-state index is 12.1. The van der Waals surface area contributed by atoms with Crippen LogP contribution in [-0.2, 0) is 6.42 Å². The minimum atomic E-state index is -0.0634. The van der Waals surface area contributed by atoms with Crippen molar-refractivity contribution in [2.24, 2.45) is 0 Å². The van der Waals surface area contributed by atoms with Crippen LogP contribution in [0.1, 0.15) is 28.6 Å². The Hall–Kier alpha value is -2.88. The molecule has 0 fully saturated rings. The van der Waals surface area contributed by atoms with Crippen LogP contribution in [0.4, 0.5) is 0 Å². The lowest BCUT2D eigenvalue weighted by molar-refractivity contribution is 0.0925. The van der Waals surface area contributed by atoms with Crippen LogP contribution in [0.25, 0.3) is 22.6 Å². The lowest BCUT2D eigenvalue weighted by atomic mass is 10.0. The van der Waals surface area contributed by atoms with Gasteiger partial charge in [-0.2, -0.15) is 0 Å². The van der Waals surface area contributed by atoms with E-state index in [0.717, 1.165) is 29.0 Å². The number of furan rings is 1. The van der Waals surface area contributed by atoms with Gasteiger partial charge in [0.2, 0.25) is 0 Å². The molecule has 120 valence electrons. The van der Waals surface area contributed by atoms with Crippen molar-refractivity contribution in [3.8, 4) is 22.6 Å². The van der Waals surface area contributed by atoms with E-state index in [1.807, 2.05) is 25.1 Å². The van der Waals surface area contributed by atoms with Crippen LogP contribution in [0.5, 0.6) is 0 Å². The van der Waals surface area contributed by atoms with Crippen molar-refractivity contribution in [3.63, 3.8) is 0 Å². The van der Waals surface area contributed by atoms with Gasteiger partial charge in [-0.15, -0.1) is 0 Å². The monoisotopic (exact) mass is 318 g/mol. The van der Waals surface area contributed by atoms with Gasteiger partial charge in [0.15, 0.2) is 0 Å². The molecule has 0 saturated heterocycles. The largest absolute Gasteiger partial charge is 0.460 e. The Bertz CT molecular complexity index is 910. The fourth-order valence-electron chi connectivity index (χ4n) is 3.01. The van der Waals surface area contributed by atoms with E-state index >= 15 is 0 Å². The Morgan fingerprint density at radius 2 is 1.92 bits per heavy atom. The highest BCUT2D eigenvalue weighted by Gasteiger charge is 2.26. The van der Waals surface area contributed by atoms with E-state index in [-0.39, 0.29) is 11.9 Å². The molecule has 4 nitrogen and oxygen atoms in total. The molecule has 1 N–H and O–H groups in total. The van der Waals surface area contributed by atoms with Crippen molar-refractivity contribution < 1.29 is 9.21 Å². The quantitative estimate of drug-likeness (QED) is 0.777. The average Bonchev–Trinajstić information content (AvgIpc) is 3.00. The third-order valence-electron chi connectivity index (χ3n) is 4.31. The summed E-state index contributed by atoms with van der Waals surface area (Å²) in [5.74, 6) is 1.40. The summed E-state index contributed by atoms with van der Waals surface area (Å²) in [6.07, 6.45) is 2.49. The first-order valence-electron chi connectivity index (χ1n) is 8.07. The number of fused-ring (bicyclic) bond motifs is 1. The van der Waals surface area contributed by atoms with Gasteiger partial charge in [-0.3, -0.25) is 9.78 Å². The van der Waals surface area contributed by atoms with Gasteiger partial charge >= 0.3 is 0 Å². The number of benzene rings is 1. The Kier molecular flexibility index (Phi) is 3.45. The molecular formula is C20H18N2O2. The summed E-state index contributed by atoms with van der Waals surface area (Å²) in [5.41, 5.74) is 4.73. The number of nitrogens with one attached hydrogen (secondary N) is 1. The van der Waals surface area contributed by atoms with Crippen LogP contribution in [-0.4, -0.2) is 16.9 Å². The molecule has 0 bridgehead atoms. The van der Waals surface area contributed by atoms with Crippen LogP contribution >= 0.6 is 0 Å². The molecule has 4 rings (SSSR count). The summed E-state index contributed by atoms with van der Waals surface area (Å²) in [6.45, 7) is 4.04. The molecule has 1 aliphatic heterocycles. The second kappa shape index (κ2) is 5.64. The van der Waals surface area contributed by atoms with E-state index < -0.39 is 0 Å². The molecule has 0 unspecified atom stereocenters. The van der Waals surface area contributed by atoms with Crippen molar-refractivity contribution >= 4 is 5.91 Å². The maximum Gasteiger partial charge on any atom is 0.255 e. The van der Waals surface area contributed by atoms with E-state index in [4.69, 9.17) is 4.42 Å². The molecule has 1 aromatic carbocycles. The highest BCUT2D eigenvalue weighted by molar-refractivity contribution is 5.97. The molecular weight excluding hydrogens is 300 g/mol. The zero-order valence-corrected chi connectivity index (χ0v) is 13.7. The van der Waals surface area contributed by atoms with Gasteiger partial charge in [0.1, 0.15) is 11.5 Å². The number of rotatable bonds is 2. The molecule has 1 atom stereocenters. The van der Waals surface area contributed by atoms with Crippen LogP contribution in [0.2, 0.25) is 0 Å². The number of aryl methyl sites for hydroxylation is 1. The van der Waals surface area contributed by atoms with Crippen molar-refractivity contribution in [1.29, 1.82) is 0 Å². The number of aromatic nitrogens is 1. The summed E-state index contributed by atoms with van der Waals surface area (Å²) < 4.78 is 5.95. The first-order valence-corrected chi connectivity index (χ1v) is 8.07. The molecule has 3 aromatic rings. The SMILES string of the molecule is Cc1ccc(-c2cc(-c3cc4c(o3)C[C@@H](C)NC4=O)ccn2)cc1. The molecule has 3 heterocycles. The summed E-state index contributed by atoms with van der Waals surface area (Å²) in [5, 5.41) is 2.93. The van der Waals surface area contributed by atoms with Gasteiger partial charge in [-0.05, 0) is 32.0 Å². The molecule has 1 aliphatic rings. The number of carbonyl (C=O) groups is 1. The lowest BCUT2D eigenvalue weighted by Gasteiger charge is -2.17. The summed E-state index contributed by atoms with van der Waals surface area (Å²) in [6, 6.07) is 14.1. The third-order valence-corrected chi connectivity index (χ3v) is 4.31. The minimum absolute atomic E-state index is 0.0634. The lowest BCUT2D eigenvalue weighted by Crippen LogP contribution is -2.38. The molecule has 4 heteroatoms. The predicted molar refractivity (Wildman–Crippen MR) is 92.7 cm³/mol. The smallest absolute Gasteiger partial charge is 0.255 e. The van der Waals surface area contributed by atoms with Gasteiger partial charge in [0.05, 0.1) is 11.3 Å². The van der Waals surface area contributed by atoms with Crippen molar-refractivity contribution in [2.45, 2.75) is 26.3 Å². The van der Waals surface area contributed by atoms with Crippen LogP contribution < -0.4 is 5.32 Å². The van der Waals surface area contributed by atoms with Crippen LogP contribution in [0.15, 0.2) is 53.1 Å². The van der Waals surface area contributed by atoms with Crippen molar-refractivity contribution in [1.82, 2.24) is 10.3 Å². The zero-order valence-electron chi connectivity index (χ0n) is 13.7. The highest BCUT2D eigenvalue weighted by atomic mass is 16.3. The Morgan fingerprint density at radius 3 is 2.71 bits per heavy atom. The number of amides is 1. The number of nitrogens with zero attached hydrogens (tertiary/aromatic N) is 1. The molecule has 0 spiro atoms. The minimum Gasteiger partial charge on any atom is -0.460 e. The van der Waals surface area contributed by atoms with Gasteiger partial charge in [-0.25, -0.2) is 0 Å². The number of carbonyl (C=O) groups excluding carboxylic acids is 1. The average molecular weight is 318 g/mol. The van der Waals surface area contributed by atoms with Crippen molar-refractivity contribution in [3.05, 3.63) is 65.5 Å². The molecule has 0 radical (unpaired) electrons. The molecule has 24 heavy (non-hydrogen) atoms. The fraction of sp³-hybridized carbons (Fsp3) is 0.200. The maximum atomic E-state index is 12.1. The molecule has 0 saturated carbocycles. The van der Waals surface area contributed by atoms with Gasteiger partial charge in [0, 0.05) is 29.8 Å². The van der Waals surface area contributed by atoms with E-state index in [1.54, 1.807) is 6.20 Å². The fourth-order valence-corrected chi connectivity index (χ4v) is 3.01. The number of hydrogen-bond donors (Lipinski definition) is 1. The van der Waals surface area contributed by atoms with E-state index in [9.17, 15) is 4.79 Å². The molecule has 1 amide bonds. The summed E-state index contributed by atoms with van der Waals surface area (Å²) in [7, 11) is 0. The summed E-state index contributed by atoms with van der Waals surface area (Å²) in [4.78, 5) is 16.5. The topological polar surface area (TPSA) is 55.1 Å². The Morgan fingerprint density at radius 1 is 1.12 bits per heavy atom. The number of hydrogen-bond acceptors (Lipinski definition) is 3. The Balaban J connectivity index is 1.73. The highest BCUT2D eigenvalue weighted by Crippen LogP contribution is 2.30. The van der Waals surface area contributed by atoms with Gasteiger partial charge < -0.3 is 9.73 Å². The van der Waals surface area contributed by atoms with Crippen molar-refractivity contribution in [2.75, 3.05) is 0 Å².